The number of nitrogens with one attached hydrogen (secondary N) is 5. The molecule has 1 saturated heterocycles. The van der Waals surface area contributed by atoms with E-state index in [1.54, 1.807) is 0 Å². The van der Waals surface area contributed by atoms with E-state index in [4.69, 9.17) is 4.98 Å². The van der Waals surface area contributed by atoms with Crippen molar-refractivity contribution in [2.45, 2.75) is 77.9 Å². The molecule has 1 aliphatic heterocycles. The first-order valence-corrected chi connectivity index (χ1v) is 18.7. The summed E-state index contributed by atoms with van der Waals surface area (Å²) in [6.07, 6.45) is 6.20. The van der Waals surface area contributed by atoms with E-state index < -0.39 is 24.3 Å². The van der Waals surface area contributed by atoms with E-state index in [1.165, 1.54) is 20.6 Å². The summed E-state index contributed by atoms with van der Waals surface area (Å²) < 4.78 is 8.94. The number of methoxy groups -OCH3 is 2. The van der Waals surface area contributed by atoms with E-state index in [-0.39, 0.29) is 17.7 Å². The van der Waals surface area contributed by atoms with Crippen LogP contribution in [-0.4, -0.2) is 95.7 Å². The summed E-state index contributed by atoms with van der Waals surface area (Å²) >= 11 is 0. The average Bonchev–Trinajstić information content (AvgIpc) is 3.94. The predicted molar refractivity (Wildman–Crippen MR) is 211 cm³/mol. The van der Waals surface area contributed by atoms with Gasteiger partial charge in [-0.3, -0.25) is 9.69 Å². The number of nitrogens with zero attached hydrogens (tertiary/aromatic N) is 3. The van der Waals surface area contributed by atoms with Gasteiger partial charge in [0.2, 0.25) is 5.91 Å². The first-order chi connectivity index (χ1) is 26.4. The quantitative estimate of drug-likeness (QED) is 0.0668. The highest BCUT2D eigenvalue weighted by Gasteiger charge is 2.25. The lowest BCUT2D eigenvalue weighted by atomic mass is 10.0. The second-order valence-electron chi connectivity index (χ2n) is 14.2. The number of hydrogen-bond donors (Lipinski definition) is 5. The summed E-state index contributed by atoms with van der Waals surface area (Å²) in [6, 6.07) is 13.5. The van der Waals surface area contributed by atoms with E-state index in [1.807, 2.05) is 64.2 Å². The van der Waals surface area contributed by atoms with Gasteiger partial charge in [-0.15, -0.1) is 0 Å². The molecule has 0 bridgehead atoms. The second kappa shape index (κ2) is 20.7. The smallest absolute Gasteiger partial charge is 0.407 e. The van der Waals surface area contributed by atoms with Crippen LogP contribution in [0.15, 0.2) is 48.7 Å². The lowest BCUT2D eigenvalue weighted by Crippen LogP contribution is -2.49. The standard InChI is InChI=1S/C34H41N7O3.C7H13NO3/c1-22(2)31(40-34(43)44-4)33(42)35-18-6-5-9-30-37-26-17-14-24(20-27(26)38-30)11-10-23-12-15-25(16-13-23)28-21-36-32(39-28)29-8-7-19-41(29)3;1-5(2)6(4-9)8-7(10)11-3/h12-17,20-22,29,31H,5-9,18-19H2,1-4H3,(H,35,42)(H,36,39)(H,37,38)(H,40,43);4-6H,1-3H3,(H,8,10). The fourth-order valence-corrected chi connectivity index (χ4v) is 6.06. The molecule has 1 fully saturated rings. The molecule has 1 aliphatic rings. The summed E-state index contributed by atoms with van der Waals surface area (Å²) in [5.41, 5.74) is 5.84. The molecular formula is C41H54N8O6. The van der Waals surface area contributed by atoms with Crippen LogP contribution in [-0.2, 0) is 25.5 Å². The Kier molecular flexibility index (Phi) is 15.8. The Hall–Kier alpha value is -5.68. The van der Waals surface area contributed by atoms with Crippen molar-refractivity contribution in [3.05, 3.63) is 71.4 Å². The van der Waals surface area contributed by atoms with E-state index >= 15 is 0 Å². The Morgan fingerprint density at radius 3 is 2.27 bits per heavy atom. The number of alkyl carbamates (subject to hydrolysis) is 2. The van der Waals surface area contributed by atoms with Crippen molar-refractivity contribution < 1.29 is 28.7 Å². The summed E-state index contributed by atoms with van der Waals surface area (Å²) in [5.74, 6) is 8.31. The number of hydrogen-bond acceptors (Lipinski definition) is 9. The van der Waals surface area contributed by atoms with Crippen molar-refractivity contribution in [3.63, 3.8) is 0 Å². The highest BCUT2D eigenvalue weighted by molar-refractivity contribution is 5.85. The summed E-state index contributed by atoms with van der Waals surface area (Å²) in [7, 11) is 4.70. The number of ether oxygens (including phenoxy) is 2. The maximum absolute atomic E-state index is 12.5. The number of unbranched alkanes of at least 4 members (excludes halogenated alkanes) is 1. The molecule has 3 unspecified atom stereocenters. The number of rotatable bonds is 13. The molecule has 0 saturated carbocycles. The zero-order valence-corrected chi connectivity index (χ0v) is 32.8. The summed E-state index contributed by atoms with van der Waals surface area (Å²) in [5, 5.41) is 7.88. The molecule has 0 radical (unpaired) electrons. The van der Waals surface area contributed by atoms with Gasteiger partial charge in [-0.2, -0.15) is 0 Å². The fourth-order valence-electron chi connectivity index (χ4n) is 6.06. The maximum atomic E-state index is 12.5. The van der Waals surface area contributed by atoms with Gasteiger partial charge in [-0.25, -0.2) is 19.6 Å². The van der Waals surface area contributed by atoms with Crippen LogP contribution >= 0.6 is 0 Å². The van der Waals surface area contributed by atoms with Crippen molar-refractivity contribution in [1.82, 2.24) is 40.8 Å². The van der Waals surface area contributed by atoms with Crippen molar-refractivity contribution in [2.24, 2.45) is 11.8 Å². The van der Waals surface area contributed by atoms with Gasteiger partial charge in [-0.05, 0) is 87.0 Å². The number of aromatic nitrogens is 4. The second-order valence-corrected chi connectivity index (χ2v) is 14.2. The van der Waals surface area contributed by atoms with Crippen LogP contribution in [0.4, 0.5) is 9.59 Å². The van der Waals surface area contributed by atoms with Gasteiger partial charge in [0.25, 0.3) is 0 Å². The largest absolute Gasteiger partial charge is 0.453 e. The van der Waals surface area contributed by atoms with Gasteiger partial charge in [0.1, 0.15) is 24.0 Å². The van der Waals surface area contributed by atoms with Crippen LogP contribution in [0.3, 0.4) is 0 Å². The van der Waals surface area contributed by atoms with Crippen LogP contribution in [0.25, 0.3) is 22.3 Å². The molecule has 3 atom stereocenters. The number of H-pyrrole nitrogens is 2. The third-order valence-electron chi connectivity index (χ3n) is 9.39. The number of carbonyl (C=O) groups excluding carboxylic acids is 4. The SMILES string of the molecule is COC(=O)NC(C(=O)NCCCCc1nc2ccc(C#Cc3ccc(-c4cnc(C5CCCN5C)[nH]4)cc3)cc2[nH]1)C(C)C.COC(=O)NC(C=O)C(C)C. The van der Waals surface area contributed by atoms with E-state index in [0.717, 1.165) is 77.3 Å². The topological polar surface area (TPSA) is 183 Å². The average molecular weight is 755 g/mol. The molecule has 55 heavy (non-hydrogen) atoms. The molecule has 0 spiro atoms. The minimum atomic E-state index is -0.631. The van der Waals surface area contributed by atoms with Crippen molar-refractivity contribution in [3.8, 4) is 23.1 Å². The molecule has 3 amide bonds. The monoisotopic (exact) mass is 754 g/mol. The first kappa shape index (κ1) is 42.1. The number of amides is 3. The molecule has 14 nitrogen and oxygen atoms in total. The lowest BCUT2D eigenvalue weighted by Gasteiger charge is -2.20. The third kappa shape index (κ3) is 12.4. The van der Waals surface area contributed by atoms with Gasteiger partial charge in [0.05, 0.1) is 49.2 Å². The number of aromatic amines is 2. The fraction of sp³-hybridized carbons (Fsp3) is 0.463. The van der Waals surface area contributed by atoms with Gasteiger partial charge in [-0.1, -0.05) is 51.7 Å². The number of fused-ring (bicyclic) bond motifs is 1. The third-order valence-corrected chi connectivity index (χ3v) is 9.39. The number of imidazole rings is 2. The van der Waals surface area contributed by atoms with Gasteiger partial charge in [0, 0.05) is 24.1 Å². The van der Waals surface area contributed by atoms with Crippen LogP contribution in [0, 0.1) is 23.7 Å². The van der Waals surface area contributed by atoms with Crippen LogP contribution < -0.4 is 16.0 Å². The van der Waals surface area contributed by atoms with Gasteiger partial charge in [0.15, 0.2) is 0 Å². The summed E-state index contributed by atoms with van der Waals surface area (Å²) in [6.45, 7) is 9.08. The van der Waals surface area contributed by atoms with Crippen molar-refractivity contribution >= 4 is 35.4 Å². The molecule has 0 aliphatic carbocycles. The Morgan fingerprint density at radius 1 is 0.945 bits per heavy atom. The van der Waals surface area contributed by atoms with Gasteiger partial charge < -0.3 is 40.2 Å². The van der Waals surface area contributed by atoms with E-state index in [0.29, 0.717) is 18.9 Å². The van der Waals surface area contributed by atoms with Crippen molar-refractivity contribution in [1.29, 1.82) is 0 Å². The van der Waals surface area contributed by atoms with E-state index in [2.05, 4.69) is 76.3 Å². The minimum absolute atomic E-state index is 0.0511. The molecule has 4 aromatic rings. The lowest BCUT2D eigenvalue weighted by molar-refractivity contribution is -0.124. The molecular weight excluding hydrogens is 701 g/mol. The zero-order valence-electron chi connectivity index (χ0n) is 32.8. The van der Waals surface area contributed by atoms with Crippen molar-refractivity contribution in [2.75, 3.05) is 34.4 Å². The molecule has 294 valence electrons. The molecule has 5 rings (SSSR count). The Morgan fingerprint density at radius 2 is 1.64 bits per heavy atom. The number of carbonyl (C=O) groups is 4. The minimum Gasteiger partial charge on any atom is -0.453 e. The van der Waals surface area contributed by atoms with E-state index in [9.17, 15) is 19.2 Å². The highest BCUT2D eigenvalue weighted by atomic mass is 16.5. The number of likely N-dealkylation sites (tertiary alicyclic amines) is 1. The molecule has 5 N–H and O–H groups in total. The highest BCUT2D eigenvalue weighted by Crippen LogP contribution is 2.30. The number of benzene rings is 2. The zero-order chi connectivity index (χ0) is 39.9. The molecule has 14 heteroatoms. The summed E-state index contributed by atoms with van der Waals surface area (Å²) in [4.78, 5) is 63.5. The first-order valence-electron chi connectivity index (χ1n) is 18.7. The molecule has 2 aromatic carbocycles. The Bertz CT molecular complexity index is 1940. The predicted octanol–water partition coefficient (Wildman–Crippen LogP) is 5.50. The van der Waals surface area contributed by atoms with Crippen LogP contribution in [0.1, 0.15) is 82.2 Å². The molecule has 2 aromatic heterocycles. The number of aryl methyl sites for hydroxylation is 1. The maximum Gasteiger partial charge on any atom is 0.407 e. The van der Waals surface area contributed by atoms with Crippen LogP contribution in [0.2, 0.25) is 0 Å². The molecule has 3 heterocycles. The van der Waals surface area contributed by atoms with Crippen LogP contribution in [0.5, 0.6) is 0 Å². The Labute approximate surface area is 322 Å². The number of aldehydes is 1. The van der Waals surface area contributed by atoms with Gasteiger partial charge >= 0.3 is 12.2 Å². The normalized spacial score (nSPS) is 15.0. The Balaban J connectivity index is 0.000000533.